The van der Waals surface area contributed by atoms with Gasteiger partial charge in [0.15, 0.2) is 0 Å². The van der Waals surface area contributed by atoms with Gasteiger partial charge >= 0.3 is 0 Å². The lowest BCUT2D eigenvalue weighted by molar-refractivity contribution is -0.384. The molecule has 1 heterocycles. The number of nitrogens with one attached hydrogen (secondary N) is 1. The third kappa shape index (κ3) is 4.88. The molecule has 0 radical (unpaired) electrons. The molecule has 1 aliphatic heterocycles. The topological polar surface area (TPSA) is 92.5 Å². The minimum Gasteiger partial charge on any atom is -0.379 e. The Morgan fingerprint density at radius 3 is 2.32 bits per heavy atom. The summed E-state index contributed by atoms with van der Waals surface area (Å²) in [5, 5.41) is 14.6. The second-order valence-electron chi connectivity index (χ2n) is 6.92. The Morgan fingerprint density at radius 1 is 1.00 bits per heavy atom. The predicted octanol–water partition coefficient (Wildman–Crippen LogP) is 3.81. The van der Waals surface area contributed by atoms with Crippen LogP contribution in [0.25, 0.3) is 0 Å². The molecule has 2 aromatic carbocycles. The molecule has 1 fully saturated rings. The van der Waals surface area contributed by atoms with Gasteiger partial charge in [0.05, 0.1) is 9.82 Å². The highest BCUT2D eigenvalue weighted by atomic mass is 32.2. The number of hydrogen-bond acceptors (Lipinski definition) is 5. The smallest absolute Gasteiger partial charge is 0.293 e. The summed E-state index contributed by atoms with van der Waals surface area (Å²) in [6.45, 7) is 1.45. The molecule has 0 aliphatic carbocycles. The average Bonchev–Trinajstić information content (AvgIpc) is 2.99. The van der Waals surface area contributed by atoms with Crippen LogP contribution >= 0.6 is 0 Å². The molecule has 7 nitrogen and oxygen atoms in total. The van der Waals surface area contributed by atoms with E-state index in [0.717, 1.165) is 31.2 Å². The van der Waals surface area contributed by atoms with Gasteiger partial charge in [0.1, 0.15) is 5.69 Å². The maximum absolute atomic E-state index is 12.9. The zero-order valence-electron chi connectivity index (χ0n) is 15.7. The lowest BCUT2D eigenvalue weighted by Gasteiger charge is -2.20. The summed E-state index contributed by atoms with van der Waals surface area (Å²) in [6.07, 6.45) is 4.37. The number of rotatable bonds is 7. The van der Waals surface area contributed by atoms with E-state index in [9.17, 15) is 18.5 Å². The van der Waals surface area contributed by atoms with Crippen molar-refractivity contribution in [3.63, 3.8) is 0 Å². The molecule has 28 heavy (non-hydrogen) atoms. The van der Waals surface area contributed by atoms with Gasteiger partial charge in [-0.3, -0.25) is 10.1 Å². The zero-order chi connectivity index (χ0) is 20.0. The summed E-state index contributed by atoms with van der Waals surface area (Å²) >= 11 is 0. The minimum absolute atomic E-state index is 0.0188. The molecule has 0 aromatic heterocycles. The van der Waals surface area contributed by atoms with Gasteiger partial charge in [0.25, 0.3) is 5.69 Å². The number of hydrogen-bond donors (Lipinski definition) is 1. The fourth-order valence-electron chi connectivity index (χ4n) is 3.39. The number of sulfonamides is 1. The molecule has 2 aromatic rings. The predicted molar refractivity (Wildman–Crippen MR) is 109 cm³/mol. The van der Waals surface area contributed by atoms with Crippen molar-refractivity contribution in [3.05, 3.63) is 64.2 Å². The fourth-order valence-corrected chi connectivity index (χ4v) is 4.93. The van der Waals surface area contributed by atoms with Crippen LogP contribution in [0.15, 0.2) is 53.4 Å². The van der Waals surface area contributed by atoms with E-state index in [1.165, 1.54) is 22.5 Å². The molecule has 8 heteroatoms. The van der Waals surface area contributed by atoms with E-state index in [0.29, 0.717) is 31.7 Å². The van der Waals surface area contributed by atoms with E-state index < -0.39 is 14.9 Å². The first-order chi connectivity index (χ1) is 13.5. The second kappa shape index (κ2) is 9.16. The van der Waals surface area contributed by atoms with Crippen LogP contribution in [-0.4, -0.2) is 37.3 Å². The maximum Gasteiger partial charge on any atom is 0.293 e. The van der Waals surface area contributed by atoms with Gasteiger partial charge in [0, 0.05) is 25.7 Å². The Balaban J connectivity index is 1.77. The summed E-state index contributed by atoms with van der Waals surface area (Å²) in [5.41, 5.74) is 1.23. The SMILES string of the molecule is O=[N+]([O-])c1cc(S(=O)(=O)N2CCCCCC2)ccc1NCCc1ccccc1. The van der Waals surface area contributed by atoms with Gasteiger partial charge < -0.3 is 5.32 Å². The van der Waals surface area contributed by atoms with Crippen molar-refractivity contribution in [2.75, 3.05) is 25.0 Å². The quantitative estimate of drug-likeness (QED) is 0.560. The van der Waals surface area contributed by atoms with Crippen LogP contribution in [0.4, 0.5) is 11.4 Å². The second-order valence-corrected chi connectivity index (χ2v) is 8.85. The number of anilines is 1. The summed E-state index contributed by atoms with van der Waals surface area (Å²) in [6, 6.07) is 13.9. The van der Waals surface area contributed by atoms with Gasteiger partial charge in [-0.05, 0) is 37.0 Å². The standard InChI is InChI=1S/C20H25N3O4S/c24-23(25)20-16-18(28(26,27)22-14-6-1-2-7-15-22)10-11-19(20)21-13-12-17-8-4-3-5-9-17/h3-5,8-11,16,21H,1-2,6-7,12-15H2. The first-order valence-corrected chi connectivity index (χ1v) is 11.0. The van der Waals surface area contributed by atoms with Crippen molar-refractivity contribution in [1.82, 2.24) is 4.31 Å². The first-order valence-electron chi connectivity index (χ1n) is 9.55. The van der Waals surface area contributed by atoms with Gasteiger partial charge in [-0.1, -0.05) is 43.2 Å². The van der Waals surface area contributed by atoms with Crippen LogP contribution in [0.2, 0.25) is 0 Å². The van der Waals surface area contributed by atoms with E-state index in [1.807, 2.05) is 30.3 Å². The van der Waals surface area contributed by atoms with Crippen LogP contribution in [0.3, 0.4) is 0 Å². The molecule has 3 rings (SSSR count). The molecule has 0 unspecified atom stereocenters. The van der Waals surface area contributed by atoms with Crippen molar-refractivity contribution in [2.24, 2.45) is 0 Å². The minimum atomic E-state index is -3.72. The van der Waals surface area contributed by atoms with Crippen molar-refractivity contribution < 1.29 is 13.3 Å². The van der Waals surface area contributed by atoms with Crippen LogP contribution in [0, 0.1) is 10.1 Å². The maximum atomic E-state index is 12.9. The highest BCUT2D eigenvalue weighted by Gasteiger charge is 2.27. The summed E-state index contributed by atoms with van der Waals surface area (Å²) in [5.74, 6) is 0. The van der Waals surface area contributed by atoms with E-state index in [1.54, 1.807) is 0 Å². The normalized spacial score (nSPS) is 15.7. The molecule has 1 N–H and O–H groups in total. The third-order valence-corrected chi connectivity index (χ3v) is 6.84. The monoisotopic (exact) mass is 403 g/mol. The van der Waals surface area contributed by atoms with Crippen LogP contribution in [0.1, 0.15) is 31.2 Å². The summed E-state index contributed by atoms with van der Waals surface area (Å²) in [7, 11) is -3.72. The van der Waals surface area contributed by atoms with Crippen molar-refractivity contribution in [3.8, 4) is 0 Å². The zero-order valence-corrected chi connectivity index (χ0v) is 16.5. The third-order valence-electron chi connectivity index (χ3n) is 4.94. The van der Waals surface area contributed by atoms with Crippen LogP contribution in [-0.2, 0) is 16.4 Å². The number of benzene rings is 2. The lowest BCUT2D eigenvalue weighted by atomic mass is 10.1. The number of nitro groups is 1. The van der Waals surface area contributed by atoms with E-state index in [-0.39, 0.29) is 10.6 Å². The van der Waals surface area contributed by atoms with Gasteiger partial charge in [-0.2, -0.15) is 4.31 Å². The molecule has 0 bridgehead atoms. The Morgan fingerprint density at radius 2 is 1.68 bits per heavy atom. The lowest BCUT2D eigenvalue weighted by Crippen LogP contribution is -2.32. The van der Waals surface area contributed by atoms with E-state index >= 15 is 0 Å². The number of nitrogens with zero attached hydrogens (tertiary/aromatic N) is 2. The van der Waals surface area contributed by atoms with Crippen molar-refractivity contribution in [2.45, 2.75) is 37.0 Å². The molecule has 0 spiro atoms. The molecule has 0 amide bonds. The largest absolute Gasteiger partial charge is 0.379 e. The van der Waals surface area contributed by atoms with Crippen molar-refractivity contribution in [1.29, 1.82) is 0 Å². The number of nitro benzene ring substituents is 1. The van der Waals surface area contributed by atoms with Crippen LogP contribution < -0.4 is 5.32 Å². The highest BCUT2D eigenvalue weighted by Crippen LogP contribution is 2.29. The average molecular weight is 404 g/mol. The Kier molecular flexibility index (Phi) is 6.64. The molecular formula is C20H25N3O4S. The summed E-state index contributed by atoms with van der Waals surface area (Å²) in [4.78, 5) is 11.0. The molecule has 0 saturated carbocycles. The summed E-state index contributed by atoms with van der Waals surface area (Å²) < 4.78 is 27.3. The molecule has 1 saturated heterocycles. The van der Waals surface area contributed by atoms with Crippen LogP contribution in [0.5, 0.6) is 0 Å². The molecule has 0 atom stereocenters. The first kappa shape index (κ1) is 20.3. The Hall–Kier alpha value is -2.45. The molecule has 1 aliphatic rings. The van der Waals surface area contributed by atoms with E-state index in [2.05, 4.69) is 5.32 Å². The van der Waals surface area contributed by atoms with Gasteiger partial charge in [-0.15, -0.1) is 0 Å². The Bertz CT molecular complexity index is 908. The Labute approximate surface area is 165 Å². The molecule has 150 valence electrons. The molecular weight excluding hydrogens is 378 g/mol. The van der Waals surface area contributed by atoms with Gasteiger partial charge in [0.2, 0.25) is 10.0 Å². The fraction of sp³-hybridized carbons (Fsp3) is 0.400. The highest BCUT2D eigenvalue weighted by molar-refractivity contribution is 7.89. The van der Waals surface area contributed by atoms with Crippen molar-refractivity contribution >= 4 is 21.4 Å². The van der Waals surface area contributed by atoms with E-state index in [4.69, 9.17) is 0 Å². The van der Waals surface area contributed by atoms with Gasteiger partial charge in [-0.25, -0.2) is 8.42 Å².